The molecule has 7 heteroatoms. The normalized spacial score (nSPS) is 20.7. The van der Waals surface area contributed by atoms with E-state index in [4.69, 9.17) is 4.84 Å². The number of piperidine rings is 1. The van der Waals surface area contributed by atoms with Gasteiger partial charge in [-0.15, -0.1) is 0 Å². The van der Waals surface area contributed by atoms with Crippen molar-refractivity contribution in [2.24, 2.45) is 0 Å². The number of rotatable bonds is 4. The lowest BCUT2D eigenvalue weighted by molar-refractivity contribution is -0.165. The van der Waals surface area contributed by atoms with Gasteiger partial charge >= 0.3 is 0 Å². The van der Waals surface area contributed by atoms with E-state index in [9.17, 15) is 18.7 Å². The highest BCUT2D eigenvalue weighted by Gasteiger charge is 2.54. The first-order valence-corrected chi connectivity index (χ1v) is 8.70. The second kappa shape index (κ2) is 6.96. The minimum atomic E-state index is -2.66. The summed E-state index contributed by atoms with van der Waals surface area (Å²) in [6.45, 7) is 3.95. The van der Waals surface area contributed by atoms with Gasteiger partial charge in [-0.05, 0) is 37.8 Å². The van der Waals surface area contributed by atoms with Crippen LogP contribution >= 0.6 is 0 Å². The van der Waals surface area contributed by atoms with E-state index in [0.29, 0.717) is 31.5 Å². The van der Waals surface area contributed by atoms with E-state index in [1.54, 1.807) is 12.2 Å². The van der Waals surface area contributed by atoms with Crippen molar-refractivity contribution in [3.8, 4) is 0 Å². The lowest BCUT2D eigenvalue weighted by Gasteiger charge is -2.44. The maximum Gasteiger partial charge on any atom is 0.259 e. The molecule has 1 aromatic rings. The smallest absolute Gasteiger partial charge is 0.259 e. The maximum atomic E-state index is 13.2. The van der Waals surface area contributed by atoms with Crippen LogP contribution in [-0.2, 0) is 9.63 Å². The molecule has 142 valence electrons. The highest BCUT2D eigenvalue weighted by atomic mass is 19.3. The highest BCUT2D eigenvalue weighted by Crippen LogP contribution is 2.46. The largest absolute Gasteiger partial charge is 0.509 e. The van der Waals surface area contributed by atoms with Crippen LogP contribution in [0.15, 0.2) is 24.0 Å². The van der Waals surface area contributed by atoms with Crippen LogP contribution in [0.2, 0.25) is 0 Å². The predicted octanol–water partition coefficient (Wildman–Crippen LogP) is 3.08. The van der Waals surface area contributed by atoms with Gasteiger partial charge in [0.15, 0.2) is 0 Å². The summed E-state index contributed by atoms with van der Waals surface area (Å²) in [4.78, 5) is 19.4. The van der Waals surface area contributed by atoms with Crippen LogP contribution in [0.3, 0.4) is 0 Å². The molecule has 0 unspecified atom stereocenters. The summed E-state index contributed by atoms with van der Waals surface area (Å²) in [5.74, 6) is -0.616. The van der Waals surface area contributed by atoms with E-state index < -0.39 is 24.4 Å². The van der Waals surface area contributed by atoms with Crippen molar-refractivity contribution < 1.29 is 23.5 Å². The third-order valence-corrected chi connectivity index (χ3v) is 5.44. The molecule has 2 aliphatic rings. The summed E-state index contributed by atoms with van der Waals surface area (Å²) < 4.78 is 26.4. The molecule has 0 atom stereocenters. The van der Waals surface area contributed by atoms with Crippen LogP contribution in [0.5, 0.6) is 0 Å². The summed E-state index contributed by atoms with van der Waals surface area (Å²) in [5, 5.41) is 12.8. The second-order valence-electron chi connectivity index (χ2n) is 6.99. The number of alkyl halides is 2. The van der Waals surface area contributed by atoms with Crippen molar-refractivity contribution in [3.05, 3.63) is 40.6 Å². The van der Waals surface area contributed by atoms with Crippen molar-refractivity contribution in [2.45, 2.75) is 38.7 Å². The van der Waals surface area contributed by atoms with Gasteiger partial charge in [0.2, 0.25) is 0 Å². The molecule has 0 saturated carbocycles. The Morgan fingerprint density at radius 1 is 1.27 bits per heavy atom. The summed E-state index contributed by atoms with van der Waals surface area (Å²) in [6.07, 6.45) is -1.97. The molecule has 2 heterocycles. The standard InChI is InChI=1S/C19H24F2N2O3/c1-12-4-5-13(2)14(10-12)16-17(24)19(6-8-22(26-3)9-7-19)23(18(16)25)11-15(20)21/h4-5,10,15,24H,6-9,11H2,1-3H3. The molecule has 1 amide bonds. The number of hydrogen-bond acceptors (Lipinski definition) is 4. The van der Waals surface area contributed by atoms with Crippen LogP contribution in [-0.4, -0.2) is 59.7 Å². The van der Waals surface area contributed by atoms with E-state index in [-0.39, 0.29) is 11.3 Å². The maximum absolute atomic E-state index is 13.2. The zero-order valence-electron chi connectivity index (χ0n) is 15.3. The molecule has 1 saturated heterocycles. The van der Waals surface area contributed by atoms with E-state index in [2.05, 4.69) is 0 Å². The molecule has 1 N–H and O–H groups in total. The lowest BCUT2D eigenvalue weighted by Crippen LogP contribution is -2.56. The second-order valence-corrected chi connectivity index (χ2v) is 6.99. The van der Waals surface area contributed by atoms with Crippen LogP contribution in [0.1, 0.15) is 29.5 Å². The minimum absolute atomic E-state index is 0.0902. The molecule has 0 aliphatic carbocycles. The monoisotopic (exact) mass is 366 g/mol. The van der Waals surface area contributed by atoms with Crippen molar-refractivity contribution in [1.29, 1.82) is 0 Å². The van der Waals surface area contributed by atoms with Crippen molar-refractivity contribution >= 4 is 11.5 Å². The number of hydrogen-bond donors (Lipinski definition) is 1. The number of carbonyl (C=O) groups is 1. The van der Waals surface area contributed by atoms with Crippen LogP contribution in [0, 0.1) is 13.8 Å². The number of aliphatic hydroxyl groups excluding tert-OH is 1. The molecule has 3 rings (SSSR count). The molecule has 26 heavy (non-hydrogen) atoms. The van der Waals surface area contributed by atoms with E-state index in [1.807, 2.05) is 32.0 Å². The topological polar surface area (TPSA) is 53.0 Å². The predicted molar refractivity (Wildman–Crippen MR) is 93.7 cm³/mol. The minimum Gasteiger partial charge on any atom is -0.509 e. The zero-order valence-corrected chi connectivity index (χ0v) is 15.3. The van der Waals surface area contributed by atoms with Gasteiger partial charge in [0.05, 0.1) is 19.2 Å². The number of amides is 1. The van der Waals surface area contributed by atoms with Gasteiger partial charge in [-0.2, -0.15) is 5.06 Å². The molecule has 1 spiro atoms. The van der Waals surface area contributed by atoms with Crippen LogP contribution in [0.4, 0.5) is 8.78 Å². The molecule has 2 aliphatic heterocycles. The molecular weight excluding hydrogens is 342 g/mol. The average Bonchev–Trinajstić information content (AvgIpc) is 2.79. The Labute approximate surface area is 151 Å². The Balaban J connectivity index is 2.09. The van der Waals surface area contributed by atoms with Gasteiger partial charge in [-0.1, -0.05) is 23.8 Å². The van der Waals surface area contributed by atoms with Gasteiger partial charge in [0, 0.05) is 13.1 Å². The summed E-state index contributed by atoms with van der Waals surface area (Å²) in [6, 6.07) is 5.61. The fourth-order valence-electron chi connectivity index (χ4n) is 3.98. The Kier molecular flexibility index (Phi) is 5.03. The molecule has 1 aromatic carbocycles. The van der Waals surface area contributed by atoms with Gasteiger partial charge < -0.3 is 14.8 Å². The summed E-state index contributed by atoms with van der Waals surface area (Å²) >= 11 is 0. The molecule has 0 radical (unpaired) electrons. The highest BCUT2D eigenvalue weighted by molar-refractivity contribution is 6.23. The quantitative estimate of drug-likeness (QED) is 0.890. The SMILES string of the molecule is CON1CCC2(CC1)C(O)=C(c1cc(C)ccc1C)C(=O)N2CC(F)F. The number of halogens is 2. The number of nitrogens with zero attached hydrogens (tertiary/aromatic N) is 2. The summed E-state index contributed by atoms with van der Waals surface area (Å²) in [7, 11) is 1.55. The fourth-order valence-corrected chi connectivity index (χ4v) is 3.98. The Hall–Kier alpha value is -1.99. The Bertz CT molecular complexity index is 740. The fraction of sp³-hybridized carbons (Fsp3) is 0.526. The number of benzene rings is 1. The van der Waals surface area contributed by atoms with Gasteiger partial charge in [-0.25, -0.2) is 8.78 Å². The molecule has 0 bridgehead atoms. The molecule has 1 fully saturated rings. The molecular formula is C19H24F2N2O3. The van der Waals surface area contributed by atoms with E-state index in [1.165, 1.54) is 0 Å². The van der Waals surface area contributed by atoms with Gasteiger partial charge in [-0.3, -0.25) is 4.79 Å². The van der Waals surface area contributed by atoms with E-state index in [0.717, 1.165) is 16.0 Å². The summed E-state index contributed by atoms with van der Waals surface area (Å²) in [5.41, 5.74) is 1.44. The van der Waals surface area contributed by atoms with Gasteiger partial charge in [0.25, 0.3) is 12.3 Å². The van der Waals surface area contributed by atoms with Crippen LogP contribution < -0.4 is 0 Å². The van der Waals surface area contributed by atoms with Crippen molar-refractivity contribution in [1.82, 2.24) is 9.96 Å². The third kappa shape index (κ3) is 2.99. The lowest BCUT2D eigenvalue weighted by atomic mass is 9.84. The molecule has 5 nitrogen and oxygen atoms in total. The third-order valence-electron chi connectivity index (χ3n) is 5.44. The first-order valence-electron chi connectivity index (χ1n) is 8.70. The Morgan fingerprint density at radius 3 is 2.50 bits per heavy atom. The van der Waals surface area contributed by atoms with Crippen molar-refractivity contribution in [3.63, 3.8) is 0 Å². The average molecular weight is 366 g/mol. The number of carbonyl (C=O) groups excluding carboxylic acids is 1. The van der Waals surface area contributed by atoms with Crippen molar-refractivity contribution in [2.75, 3.05) is 26.7 Å². The molecule has 0 aromatic heterocycles. The van der Waals surface area contributed by atoms with Gasteiger partial charge in [0.1, 0.15) is 11.3 Å². The van der Waals surface area contributed by atoms with E-state index >= 15 is 0 Å². The first-order chi connectivity index (χ1) is 12.3. The van der Waals surface area contributed by atoms with Crippen LogP contribution in [0.25, 0.3) is 5.57 Å². The first kappa shape index (κ1) is 18.8. The Morgan fingerprint density at radius 2 is 1.92 bits per heavy atom. The zero-order chi connectivity index (χ0) is 19.1. The number of hydroxylamine groups is 2. The number of aryl methyl sites for hydroxylation is 2. The number of aliphatic hydroxyl groups is 1.